The normalized spacial score (nSPS) is 11.4. The molecule has 0 aliphatic rings. The van der Waals surface area contributed by atoms with Crippen LogP contribution in [0.3, 0.4) is 0 Å². The first kappa shape index (κ1) is 21.9. The van der Waals surface area contributed by atoms with Crippen LogP contribution in [0.5, 0.6) is 0 Å². The van der Waals surface area contributed by atoms with Crippen LogP contribution in [-0.4, -0.2) is 15.5 Å². The Hall–Kier alpha value is -2.84. The van der Waals surface area contributed by atoms with Crippen molar-refractivity contribution in [2.75, 3.05) is 0 Å². The molecule has 0 aliphatic carbocycles. The van der Waals surface area contributed by atoms with Crippen LogP contribution >= 0.6 is 23.2 Å². The minimum atomic E-state index is -4.53. The third-order valence-electron chi connectivity index (χ3n) is 4.10. The van der Waals surface area contributed by atoms with Gasteiger partial charge in [0.1, 0.15) is 13.2 Å². The fourth-order valence-electron chi connectivity index (χ4n) is 2.67. The number of hydrogen-bond acceptors (Lipinski definition) is 4. The van der Waals surface area contributed by atoms with E-state index in [0.717, 1.165) is 34.4 Å². The number of halogens is 5. The standard InChI is InChI=1S/C20H13Cl2F3N2O3/c21-17-16(13-6-8-14(9-7-13)20(23,24)25)27(19(29)18(22)26-17)10-15(28)30-11-12-4-2-1-3-5-12/h1-9H,10-11H2. The molecule has 0 bridgehead atoms. The molecule has 2 aromatic carbocycles. The molecule has 0 N–H and O–H groups in total. The summed E-state index contributed by atoms with van der Waals surface area (Å²) in [7, 11) is 0. The van der Waals surface area contributed by atoms with Crippen molar-refractivity contribution in [1.29, 1.82) is 0 Å². The van der Waals surface area contributed by atoms with E-state index in [1.165, 1.54) is 0 Å². The minimum Gasteiger partial charge on any atom is -0.459 e. The van der Waals surface area contributed by atoms with Crippen molar-refractivity contribution in [2.24, 2.45) is 0 Å². The second kappa shape index (κ2) is 8.89. The number of rotatable bonds is 5. The van der Waals surface area contributed by atoms with Gasteiger partial charge in [-0.1, -0.05) is 65.7 Å². The lowest BCUT2D eigenvalue weighted by molar-refractivity contribution is -0.145. The smallest absolute Gasteiger partial charge is 0.416 e. The van der Waals surface area contributed by atoms with Crippen LogP contribution in [0, 0.1) is 0 Å². The largest absolute Gasteiger partial charge is 0.459 e. The zero-order valence-corrected chi connectivity index (χ0v) is 16.6. The Morgan fingerprint density at radius 1 is 1.00 bits per heavy atom. The lowest BCUT2D eigenvalue weighted by atomic mass is 10.1. The van der Waals surface area contributed by atoms with Gasteiger partial charge in [-0.05, 0) is 17.7 Å². The fraction of sp³-hybridized carbons (Fsp3) is 0.150. The third-order valence-corrected chi connectivity index (χ3v) is 4.61. The number of alkyl halides is 3. The number of ether oxygens (including phenoxy) is 1. The SMILES string of the molecule is O=C(Cn1c(-c2ccc(C(F)(F)F)cc2)c(Cl)nc(Cl)c1=O)OCc1ccccc1. The molecule has 1 heterocycles. The summed E-state index contributed by atoms with van der Waals surface area (Å²) in [5.74, 6) is -0.757. The summed E-state index contributed by atoms with van der Waals surface area (Å²) in [6.07, 6.45) is -4.53. The summed E-state index contributed by atoms with van der Waals surface area (Å²) in [5.41, 5.74) is -0.846. The van der Waals surface area contributed by atoms with E-state index < -0.39 is 35.0 Å². The molecule has 0 fully saturated rings. The molecule has 156 valence electrons. The van der Waals surface area contributed by atoms with E-state index in [2.05, 4.69) is 4.98 Å². The van der Waals surface area contributed by atoms with Crippen molar-refractivity contribution < 1.29 is 22.7 Å². The highest BCUT2D eigenvalue weighted by atomic mass is 35.5. The molecule has 0 amide bonds. The van der Waals surface area contributed by atoms with Crippen LogP contribution in [0.15, 0.2) is 59.4 Å². The predicted octanol–water partition coefficient (Wildman–Crippen LogP) is 4.98. The van der Waals surface area contributed by atoms with Crippen LogP contribution < -0.4 is 5.56 Å². The molecule has 0 atom stereocenters. The topological polar surface area (TPSA) is 61.2 Å². The molecule has 0 saturated heterocycles. The summed E-state index contributed by atoms with van der Waals surface area (Å²) >= 11 is 11.9. The number of carbonyl (C=O) groups excluding carboxylic acids is 1. The molecule has 10 heteroatoms. The summed E-state index contributed by atoms with van der Waals surface area (Å²) in [5, 5.41) is -0.721. The van der Waals surface area contributed by atoms with Crippen LogP contribution in [0.2, 0.25) is 10.3 Å². The maximum atomic E-state index is 12.8. The summed E-state index contributed by atoms with van der Waals surface area (Å²) in [6, 6.07) is 12.8. The van der Waals surface area contributed by atoms with Crippen molar-refractivity contribution in [3.8, 4) is 11.3 Å². The highest BCUT2D eigenvalue weighted by molar-refractivity contribution is 6.33. The Bertz CT molecular complexity index is 1120. The number of hydrogen-bond donors (Lipinski definition) is 0. The lowest BCUT2D eigenvalue weighted by Gasteiger charge is -2.15. The van der Waals surface area contributed by atoms with Crippen LogP contribution in [0.25, 0.3) is 11.3 Å². The monoisotopic (exact) mass is 456 g/mol. The maximum absolute atomic E-state index is 12.8. The number of nitrogens with zero attached hydrogens (tertiary/aromatic N) is 2. The van der Waals surface area contributed by atoms with Crippen molar-refractivity contribution >= 4 is 29.2 Å². The maximum Gasteiger partial charge on any atom is 0.416 e. The molecule has 30 heavy (non-hydrogen) atoms. The van der Waals surface area contributed by atoms with Crippen molar-refractivity contribution in [3.05, 3.63) is 86.4 Å². The third kappa shape index (κ3) is 5.01. The van der Waals surface area contributed by atoms with Crippen molar-refractivity contribution in [2.45, 2.75) is 19.3 Å². The Morgan fingerprint density at radius 3 is 2.23 bits per heavy atom. The van der Waals surface area contributed by atoms with Gasteiger partial charge in [-0.25, -0.2) is 4.98 Å². The first-order valence-electron chi connectivity index (χ1n) is 8.50. The van der Waals surface area contributed by atoms with Gasteiger partial charge in [-0.2, -0.15) is 13.2 Å². The highest BCUT2D eigenvalue weighted by Crippen LogP contribution is 2.32. The second-order valence-corrected chi connectivity index (χ2v) is 6.87. The van der Waals surface area contributed by atoms with E-state index in [4.69, 9.17) is 27.9 Å². The number of carbonyl (C=O) groups is 1. The van der Waals surface area contributed by atoms with Crippen molar-refractivity contribution in [1.82, 2.24) is 9.55 Å². The summed E-state index contributed by atoms with van der Waals surface area (Å²) < 4.78 is 44.6. The van der Waals surface area contributed by atoms with E-state index in [9.17, 15) is 22.8 Å². The molecular formula is C20H13Cl2F3N2O3. The molecule has 0 spiro atoms. The van der Waals surface area contributed by atoms with Crippen molar-refractivity contribution in [3.63, 3.8) is 0 Å². The average molecular weight is 457 g/mol. The average Bonchev–Trinajstić information content (AvgIpc) is 2.71. The van der Waals surface area contributed by atoms with Gasteiger partial charge in [0, 0.05) is 5.56 Å². The molecule has 1 aromatic heterocycles. The second-order valence-electron chi connectivity index (χ2n) is 6.15. The van der Waals surface area contributed by atoms with E-state index in [0.29, 0.717) is 0 Å². The predicted molar refractivity (Wildman–Crippen MR) is 105 cm³/mol. The van der Waals surface area contributed by atoms with E-state index in [-0.39, 0.29) is 23.0 Å². The zero-order valence-electron chi connectivity index (χ0n) is 15.1. The van der Waals surface area contributed by atoms with Gasteiger partial charge in [0.15, 0.2) is 10.3 Å². The molecule has 0 radical (unpaired) electrons. The van der Waals surface area contributed by atoms with E-state index >= 15 is 0 Å². The molecule has 0 aliphatic heterocycles. The Labute approximate surface area is 178 Å². The Morgan fingerprint density at radius 2 is 1.63 bits per heavy atom. The first-order valence-corrected chi connectivity index (χ1v) is 9.25. The molecule has 3 rings (SSSR count). The van der Waals surface area contributed by atoms with Gasteiger partial charge in [0.05, 0.1) is 11.3 Å². The van der Waals surface area contributed by atoms with Crippen LogP contribution in [-0.2, 0) is 28.9 Å². The van der Waals surface area contributed by atoms with Gasteiger partial charge in [-0.15, -0.1) is 0 Å². The molecule has 3 aromatic rings. The summed E-state index contributed by atoms with van der Waals surface area (Å²) in [4.78, 5) is 28.5. The van der Waals surface area contributed by atoms with Crippen LogP contribution in [0.1, 0.15) is 11.1 Å². The van der Waals surface area contributed by atoms with Crippen LogP contribution in [0.4, 0.5) is 13.2 Å². The lowest BCUT2D eigenvalue weighted by Crippen LogP contribution is -2.28. The van der Waals surface area contributed by atoms with Gasteiger partial charge < -0.3 is 4.74 Å². The number of benzene rings is 2. The first-order chi connectivity index (χ1) is 14.2. The molecule has 5 nitrogen and oxygen atoms in total. The highest BCUT2D eigenvalue weighted by Gasteiger charge is 2.30. The van der Waals surface area contributed by atoms with Gasteiger partial charge in [0.25, 0.3) is 5.56 Å². The fourth-order valence-corrected chi connectivity index (χ4v) is 3.19. The summed E-state index contributed by atoms with van der Waals surface area (Å²) in [6.45, 7) is -0.569. The number of esters is 1. The minimum absolute atomic E-state index is 0.0173. The molecule has 0 unspecified atom stereocenters. The molecular weight excluding hydrogens is 444 g/mol. The van der Waals surface area contributed by atoms with Gasteiger partial charge in [0.2, 0.25) is 0 Å². The van der Waals surface area contributed by atoms with Gasteiger partial charge in [-0.3, -0.25) is 14.2 Å². The Balaban J connectivity index is 1.92. The number of aromatic nitrogens is 2. The van der Waals surface area contributed by atoms with E-state index in [1.807, 2.05) is 6.07 Å². The zero-order chi connectivity index (χ0) is 21.9. The quantitative estimate of drug-likeness (QED) is 0.508. The van der Waals surface area contributed by atoms with E-state index in [1.54, 1.807) is 24.3 Å². The molecule has 0 saturated carbocycles. The Kier molecular flexibility index (Phi) is 6.48. The van der Waals surface area contributed by atoms with Gasteiger partial charge >= 0.3 is 12.1 Å².